The molecule has 19 heavy (non-hydrogen) atoms. The number of nitrogens with zero attached hydrogens (tertiary/aromatic N) is 2. The molecule has 0 unspecified atom stereocenters. The number of nitrogens with one attached hydrogen (secondary N) is 1. The number of alkyl halides is 2. The SMILES string of the molecule is OCC(F)(F)CNCc1nnc(-c2ccccc2)o1. The molecule has 0 atom stereocenters. The standard InChI is InChI=1S/C12H13F2N3O2/c13-12(14,8-18)7-15-6-10-16-17-11(19-10)9-4-2-1-3-5-9/h1-5,15,18H,6-8H2. The summed E-state index contributed by atoms with van der Waals surface area (Å²) < 4.78 is 30.8. The van der Waals surface area contributed by atoms with Gasteiger partial charge in [0.25, 0.3) is 5.92 Å². The Bertz CT molecular complexity index is 517. The Morgan fingerprint density at radius 2 is 1.95 bits per heavy atom. The molecule has 0 bridgehead atoms. The molecule has 2 N–H and O–H groups in total. The van der Waals surface area contributed by atoms with Gasteiger partial charge in [-0.3, -0.25) is 0 Å². The molecular formula is C12H13F2N3O2. The molecule has 1 aromatic carbocycles. The average molecular weight is 269 g/mol. The van der Waals surface area contributed by atoms with Crippen molar-refractivity contribution in [3.63, 3.8) is 0 Å². The lowest BCUT2D eigenvalue weighted by Gasteiger charge is -2.12. The zero-order chi connectivity index (χ0) is 13.7. The quantitative estimate of drug-likeness (QED) is 0.830. The van der Waals surface area contributed by atoms with Crippen LogP contribution in [0.15, 0.2) is 34.7 Å². The fraction of sp³-hybridized carbons (Fsp3) is 0.333. The Kier molecular flexibility index (Phi) is 4.18. The first-order valence-electron chi connectivity index (χ1n) is 5.68. The highest BCUT2D eigenvalue weighted by atomic mass is 19.3. The maximum absolute atomic E-state index is 12.7. The van der Waals surface area contributed by atoms with Crippen LogP contribution in [0.3, 0.4) is 0 Å². The number of aromatic nitrogens is 2. The second kappa shape index (κ2) is 5.85. The Balaban J connectivity index is 1.92. The Morgan fingerprint density at radius 1 is 1.21 bits per heavy atom. The zero-order valence-electron chi connectivity index (χ0n) is 10.0. The van der Waals surface area contributed by atoms with Crippen molar-refractivity contribution in [3.05, 3.63) is 36.2 Å². The third-order valence-electron chi connectivity index (χ3n) is 2.38. The molecule has 2 rings (SSSR count). The maximum Gasteiger partial charge on any atom is 0.282 e. The predicted octanol–water partition coefficient (Wildman–Crippen LogP) is 1.45. The summed E-state index contributed by atoms with van der Waals surface area (Å²) >= 11 is 0. The van der Waals surface area contributed by atoms with Gasteiger partial charge in [0.1, 0.15) is 6.61 Å². The van der Waals surface area contributed by atoms with Crippen LogP contribution in [0.2, 0.25) is 0 Å². The summed E-state index contributed by atoms with van der Waals surface area (Å²) in [5.41, 5.74) is 0.766. The van der Waals surface area contributed by atoms with Crippen LogP contribution in [0.4, 0.5) is 8.78 Å². The van der Waals surface area contributed by atoms with E-state index in [2.05, 4.69) is 15.5 Å². The number of aliphatic hydroxyl groups excluding tert-OH is 1. The van der Waals surface area contributed by atoms with Gasteiger partial charge in [-0.1, -0.05) is 18.2 Å². The lowest BCUT2D eigenvalue weighted by Crippen LogP contribution is -2.35. The largest absolute Gasteiger partial charge is 0.419 e. The molecule has 1 heterocycles. The van der Waals surface area contributed by atoms with E-state index in [9.17, 15) is 8.78 Å². The van der Waals surface area contributed by atoms with E-state index in [4.69, 9.17) is 9.52 Å². The molecular weight excluding hydrogens is 256 g/mol. The van der Waals surface area contributed by atoms with E-state index in [-0.39, 0.29) is 12.4 Å². The summed E-state index contributed by atoms with van der Waals surface area (Å²) in [7, 11) is 0. The van der Waals surface area contributed by atoms with Gasteiger partial charge < -0.3 is 14.8 Å². The van der Waals surface area contributed by atoms with Gasteiger partial charge in [-0.25, -0.2) is 8.78 Å². The molecule has 0 aliphatic carbocycles. The molecule has 0 radical (unpaired) electrons. The molecule has 0 aliphatic heterocycles. The highest BCUT2D eigenvalue weighted by molar-refractivity contribution is 5.51. The monoisotopic (exact) mass is 269 g/mol. The number of hydrogen-bond acceptors (Lipinski definition) is 5. The lowest BCUT2D eigenvalue weighted by atomic mass is 10.2. The summed E-state index contributed by atoms with van der Waals surface area (Å²) in [6, 6.07) is 9.15. The van der Waals surface area contributed by atoms with Crippen LogP contribution in [0.5, 0.6) is 0 Å². The summed E-state index contributed by atoms with van der Waals surface area (Å²) in [6.45, 7) is -1.82. The molecule has 5 nitrogen and oxygen atoms in total. The minimum Gasteiger partial charge on any atom is -0.419 e. The van der Waals surface area contributed by atoms with Crippen LogP contribution in [0.25, 0.3) is 11.5 Å². The van der Waals surface area contributed by atoms with E-state index >= 15 is 0 Å². The van der Waals surface area contributed by atoms with Crippen molar-refractivity contribution in [2.24, 2.45) is 0 Å². The average Bonchev–Trinajstić information content (AvgIpc) is 2.88. The summed E-state index contributed by atoms with van der Waals surface area (Å²) in [6.07, 6.45) is 0. The Hall–Kier alpha value is -1.86. The maximum atomic E-state index is 12.7. The fourth-order valence-electron chi connectivity index (χ4n) is 1.43. The summed E-state index contributed by atoms with van der Waals surface area (Å²) in [5, 5.41) is 18.4. The van der Waals surface area contributed by atoms with Gasteiger partial charge in [0.05, 0.1) is 13.1 Å². The highest BCUT2D eigenvalue weighted by Gasteiger charge is 2.27. The van der Waals surface area contributed by atoms with Crippen molar-refractivity contribution in [2.75, 3.05) is 13.2 Å². The van der Waals surface area contributed by atoms with Crippen molar-refractivity contribution in [1.29, 1.82) is 0 Å². The molecule has 0 aliphatic rings. The molecule has 2 aromatic rings. The first-order chi connectivity index (χ1) is 9.11. The zero-order valence-corrected chi connectivity index (χ0v) is 10.0. The first-order valence-corrected chi connectivity index (χ1v) is 5.68. The van der Waals surface area contributed by atoms with E-state index in [0.29, 0.717) is 5.89 Å². The van der Waals surface area contributed by atoms with Crippen molar-refractivity contribution >= 4 is 0 Å². The predicted molar refractivity (Wildman–Crippen MR) is 63.5 cm³/mol. The van der Waals surface area contributed by atoms with Crippen molar-refractivity contribution < 1.29 is 18.3 Å². The van der Waals surface area contributed by atoms with Gasteiger partial charge in [-0.15, -0.1) is 10.2 Å². The van der Waals surface area contributed by atoms with Gasteiger partial charge in [-0.05, 0) is 12.1 Å². The lowest BCUT2D eigenvalue weighted by molar-refractivity contribution is -0.0480. The highest BCUT2D eigenvalue weighted by Crippen LogP contribution is 2.17. The number of rotatable bonds is 6. The van der Waals surface area contributed by atoms with E-state index in [1.54, 1.807) is 0 Å². The smallest absolute Gasteiger partial charge is 0.282 e. The minimum atomic E-state index is -3.15. The van der Waals surface area contributed by atoms with Crippen LogP contribution in [-0.2, 0) is 6.54 Å². The molecule has 0 fully saturated rings. The van der Waals surface area contributed by atoms with Gasteiger partial charge in [0.2, 0.25) is 11.8 Å². The Labute approximate surface area is 108 Å². The first kappa shape index (κ1) is 13.6. The van der Waals surface area contributed by atoms with E-state index in [1.165, 1.54) is 0 Å². The van der Waals surface area contributed by atoms with Crippen LogP contribution >= 0.6 is 0 Å². The van der Waals surface area contributed by atoms with Crippen molar-refractivity contribution in [1.82, 2.24) is 15.5 Å². The molecule has 0 spiro atoms. The minimum absolute atomic E-state index is 0.0232. The van der Waals surface area contributed by atoms with Crippen molar-refractivity contribution in [3.8, 4) is 11.5 Å². The normalized spacial score (nSPS) is 11.7. The molecule has 0 saturated carbocycles. The van der Waals surface area contributed by atoms with Gasteiger partial charge >= 0.3 is 0 Å². The number of hydrogen-bond donors (Lipinski definition) is 2. The molecule has 0 saturated heterocycles. The molecule has 1 aromatic heterocycles. The summed E-state index contributed by atoms with van der Waals surface area (Å²) in [5.74, 6) is -2.60. The third-order valence-corrected chi connectivity index (χ3v) is 2.38. The van der Waals surface area contributed by atoms with Crippen molar-refractivity contribution in [2.45, 2.75) is 12.5 Å². The molecule has 0 amide bonds. The van der Waals surface area contributed by atoms with E-state index in [0.717, 1.165) is 5.56 Å². The summed E-state index contributed by atoms with van der Waals surface area (Å²) in [4.78, 5) is 0. The van der Waals surface area contributed by atoms with E-state index in [1.807, 2.05) is 30.3 Å². The number of benzene rings is 1. The fourth-order valence-corrected chi connectivity index (χ4v) is 1.43. The second-order valence-electron chi connectivity index (χ2n) is 3.98. The number of halogens is 2. The number of aliphatic hydroxyl groups is 1. The van der Waals surface area contributed by atoms with Gasteiger partial charge in [0, 0.05) is 5.56 Å². The van der Waals surface area contributed by atoms with Crippen LogP contribution in [0, 0.1) is 0 Å². The van der Waals surface area contributed by atoms with Gasteiger partial charge in [-0.2, -0.15) is 0 Å². The van der Waals surface area contributed by atoms with Crippen LogP contribution < -0.4 is 5.32 Å². The topological polar surface area (TPSA) is 71.2 Å². The van der Waals surface area contributed by atoms with Crippen LogP contribution in [0.1, 0.15) is 5.89 Å². The molecule has 102 valence electrons. The molecule has 7 heteroatoms. The second-order valence-corrected chi connectivity index (χ2v) is 3.98. The van der Waals surface area contributed by atoms with Gasteiger partial charge in [0.15, 0.2) is 0 Å². The third kappa shape index (κ3) is 3.80. The van der Waals surface area contributed by atoms with E-state index < -0.39 is 19.1 Å². The van der Waals surface area contributed by atoms with Crippen LogP contribution in [-0.4, -0.2) is 34.4 Å². The Morgan fingerprint density at radius 3 is 2.63 bits per heavy atom.